The third kappa shape index (κ3) is 3.88. The highest BCUT2D eigenvalue weighted by Crippen LogP contribution is 2.40. The Morgan fingerprint density at radius 3 is 3.10 bits per heavy atom. The zero-order chi connectivity index (χ0) is 20.5. The fraction of sp³-hybridized carbons (Fsp3) is 0.542. The number of H-pyrrole nitrogens is 1. The first-order valence-electron chi connectivity index (χ1n) is 11.5. The molecule has 6 rings (SSSR count). The Labute approximate surface area is 182 Å². The largest absolute Gasteiger partial charge is 0.375 e. The topological polar surface area (TPSA) is 78.8 Å². The van der Waals surface area contributed by atoms with E-state index in [-0.39, 0.29) is 0 Å². The Bertz CT molecular complexity index is 1010. The lowest BCUT2D eigenvalue weighted by molar-refractivity contribution is 0.345. The summed E-state index contributed by atoms with van der Waals surface area (Å²) in [4.78, 5) is 9.13. The smallest absolute Gasteiger partial charge is 0.180 e. The Kier molecular flexibility index (Phi) is 5.81. The highest BCUT2D eigenvalue weighted by molar-refractivity contribution is 7.15. The van der Waals surface area contributed by atoms with Crippen molar-refractivity contribution in [2.75, 3.05) is 18.8 Å². The molecule has 1 saturated heterocycles. The summed E-state index contributed by atoms with van der Waals surface area (Å²) in [5, 5.41) is 9.48. The van der Waals surface area contributed by atoms with Crippen molar-refractivity contribution in [1.29, 1.82) is 0 Å². The molecule has 0 unspecified atom stereocenters. The van der Waals surface area contributed by atoms with Gasteiger partial charge in [0.1, 0.15) is 0 Å². The summed E-state index contributed by atoms with van der Waals surface area (Å²) in [6, 6.07) is 8.02. The number of piperidine rings is 1. The van der Waals surface area contributed by atoms with E-state index in [1.54, 1.807) is 16.9 Å². The van der Waals surface area contributed by atoms with E-state index < -0.39 is 0 Å². The lowest BCUT2D eigenvalue weighted by atomic mass is 9.76. The number of anilines is 1. The molecule has 1 aromatic carbocycles. The van der Waals surface area contributed by atoms with Crippen LogP contribution in [-0.4, -0.2) is 35.1 Å². The molecule has 0 amide bonds. The number of hydrogen-bond acceptors (Lipinski definition) is 5. The van der Waals surface area contributed by atoms with Crippen LogP contribution in [0.4, 0.5) is 5.13 Å². The SMILES string of the molecule is CCCN[C@H]1CCc2nc(N)sc2C1.c1cc2c3c(c[nH]c3c1)C[C@H]1NCCC[C@H]21. The summed E-state index contributed by atoms with van der Waals surface area (Å²) in [5.74, 6) is 0.737. The molecule has 5 N–H and O–H groups in total. The monoisotopic (exact) mass is 423 g/mol. The van der Waals surface area contributed by atoms with Crippen molar-refractivity contribution < 1.29 is 0 Å². The number of hydrogen-bond donors (Lipinski definition) is 4. The first-order chi connectivity index (χ1) is 14.7. The molecule has 5 nitrogen and oxygen atoms in total. The van der Waals surface area contributed by atoms with E-state index in [2.05, 4.69) is 51.9 Å². The third-order valence-electron chi connectivity index (χ3n) is 6.88. The van der Waals surface area contributed by atoms with Crippen molar-refractivity contribution in [2.24, 2.45) is 0 Å². The Hall–Kier alpha value is -1.89. The number of nitrogens with one attached hydrogen (secondary N) is 3. The van der Waals surface area contributed by atoms with Gasteiger partial charge in [-0.3, -0.25) is 0 Å². The van der Waals surface area contributed by atoms with Crippen LogP contribution >= 0.6 is 11.3 Å². The number of aromatic nitrogens is 2. The maximum absolute atomic E-state index is 5.69. The Balaban J connectivity index is 0.000000130. The number of aromatic amines is 1. The molecular weight excluding hydrogens is 390 g/mol. The van der Waals surface area contributed by atoms with Gasteiger partial charge in [-0.1, -0.05) is 19.1 Å². The molecule has 1 aliphatic heterocycles. The summed E-state index contributed by atoms with van der Waals surface area (Å²) in [5.41, 5.74) is 11.3. The third-order valence-corrected chi connectivity index (χ3v) is 7.83. The van der Waals surface area contributed by atoms with Gasteiger partial charge in [0.05, 0.1) is 5.69 Å². The number of thiazole rings is 1. The Morgan fingerprint density at radius 2 is 2.20 bits per heavy atom. The molecule has 3 aromatic rings. The summed E-state index contributed by atoms with van der Waals surface area (Å²) in [7, 11) is 0. The number of benzene rings is 1. The van der Waals surface area contributed by atoms with Crippen molar-refractivity contribution in [3.63, 3.8) is 0 Å². The van der Waals surface area contributed by atoms with Crippen LogP contribution in [0.15, 0.2) is 24.4 Å². The van der Waals surface area contributed by atoms with Crippen molar-refractivity contribution in [3.8, 4) is 0 Å². The number of rotatable bonds is 3. The van der Waals surface area contributed by atoms with E-state index in [0.29, 0.717) is 12.1 Å². The maximum atomic E-state index is 5.69. The molecular formula is C24H33N5S. The minimum Gasteiger partial charge on any atom is -0.375 e. The number of aryl methyl sites for hydroxylation is 1. The second kappa shape index (κ2) is 8.69. The predicted octanol–water partition coefficient (Wildman–Crippen LogP) is 4.14. The molecule has 0 radical (unpaired) electrons. The fourth-order valence-corrected chi connectivity index (χ4v) is 6.41. The maximum Gasteiger partial charge on any atom is 0.180 e. The molecule has 2 aromatic heterocycles. The molecule has 30 heavy (non-hydrogen) atoms. The van der Waals surface area contributed by atoms with Crippen LogP contribution in [0.3, 0.4) is 0 Å². The van der Waals surface area contributed by atoms with Gasteiger partial charge in [-0.05, 0) is 75.2 Å². The zero-order valence-electron chi connectivity index (χ0n) is 17.8. The van der Waals surface area contributed by atoms with Gasteiger partial charge in [-0.25, -0.2) is 4.98 Å². The summed E-state index contributed by atoms with van der Waals surface area (Å²) in [6.45, 7) is 4.51. The average Bonchev–Trinajstić information content (AvgIpc) is 3.36. The van der Waals surface area contributed by atoms with Crippen molar-refractivity contribution >= 4 is 27.4 Å². The van der Waals surface area contributed by atoms with Gasteiger partial charge in [0.2, 0.25) is 0 Å². The van der Waals surface area contributed by atoms with Crippen LogP contribution in [-0.2, 0) is 19.3 Å². The van der Waals surface area contributed by atoms with Gasteiger partial charge in [-0.15, -0.1) is 11.3 Å². The lowest BCUT2D eigenvalue weighted by Gasteiger charge is -2.36. The number of nitrogens with two attached hydrogens (primary N) is 1. The van der Waals surface area contributed by atoms with E-state index in [4.69, 9.17) is 5.73 Å². The number of nitrogen functional groups attached to an aromatic ring is 1. The van der Waals surface area contributed by atoms with Gasteiger partial charge >= 0.3 is 0 Å². The van der Waals surface area contributed by atoms with E-state index in [1.807, 2.05) is 0 Å². The van der Waals surface area contributed by atoms with Gasteiger partial charge in [-0.2, -0.15) is 0 Å². The Morgan fingerprint density at radius 1 is 1.27 bits per heavy atom. The lowest BCUT2D eigenvalue weighted by Crippen LogP contribution is -2.43. The predicted molar refractivity (Wildman–Crippen MR) is 126 cm³/mol. The minimum absolute atomic E-state index is 0.641. The zero-order valence-corrected chi connectivity index (χ0v) is 18.7. The minimum atomic E-state index is 0.641. The van der Waals surface area contributed by atoms with Crippen molar-refractivity contribution in [2.45, 2.75) is 69.9 Å². The molecule has 1 fully saturated rings. The molecule has 0 saturated carbocycles. The molecule has 0 bridgehead atoms. The molecule has 0 spiro atoms. The second-order valence-electron chi connectivity index (χ2n) is 8.91. The standard InChI is InChI=1S/C14H16N2.C10H17N3S/c1-3-11-10-4-2-6-15-13(10)7-9-8-16-12(5-1)14(9)11;1-2-5-12-7-3-4-8-9(6-7)14-10(11)13-8/h1,3,5,8,10,13,15-16H,2,4,6-7H2;7,12H,2-6H2,1H3,(H2,11,13)/t10-,13-;7-/m10/s1. The van der Waals surface area contributed by atoms with Crippen LogP contribution in [0.1, 0.15) is 60.2 Å². The van der Waals surface area contributed by atoms with Crippen LogP contribution in [0.2, 0.25) is 0 Å². The van der Waals surface area contributed by atoms with Gasteiger partial charge in [0.25, 0.3) is 0 Å². The average molecular weight is 424 g/mol. The molecule has 3 aliphatic rings. The van der Waals surface area contributed by atoms with E-state index in [9.17, 15) is 0 Å². The second-order valence-corrected chi connectivity index (χ2v) is 10.0. The van der Waals surface area contributed by atoms with Crippen LogP contribution in [0, 0.1) is 0 Å². The molecule has 3 atom stereocenters. The van der Waals surface area contributed by atoms with Crippen LogP contribution in [0.5, 0.6) is 0 Å². The van der Waals surface area contributed by atoms with Gasteiger partial charge in [0, 0.05) is 40.0 Å². The first kappa shape index (κ1) is 20.0. The van der Waals surface area contributed by atoms with Gasteiger partial charge < -0.3 is 21.4 Å². The summed E-state index contributed by atoms with van der Waals surface area (Å²) in [6.07, 6.45) is 10.7. The van der Waals surface area contributed by atoms with Gasteiger partial charge in [0.15, 0.2) is 5.13 Å². The quantitative estimate of drug-likeness (QED) is 0.510. The number of nitrogens with zero attached hydrogens (tertiary/aromatic N) is 1. The van der Waals surface area contributed by atoms with Crippen molar-refractivity contribution in [3.05, 3.63) is 46.1 Å². The van der Waals surface area contributed by atoms with E-state index >= 15 is 0 Å². The van der Waals surface area contributed by atoms with Crippen molar-refractivity contribution in [1.82, 2.24) is 20.6 Å². The molecule has 2 aliphatic carbocycles. The number of fused-ring (bicyclic) bond motifs is 3. The summed E-state index contributed by atoms with van der Waals surface area (Å²) >= 11 is 1.65. The van der Waals surface area contributed by atoms with Crippen LogP contribution in [0.25, 0.3) is 10.9 Å². The van der Waals surface area contributed by atoms with E-state index in [1.165, 1.54) is 65.7 Å². The van der Waals surface area contributed by atoms with E-state index in [0.717, 1.165) is 30.4 Å². The summed E-state index contributed by atoms with van der Waals surface area (Å²) < 4.78 is 0. The highest BCUT2D eigenvalue weighted by Gasteiger charge is 2.32. The molecule has 3 heterocycles. The highest BCUT2D eigenvalue weighted by atomic mass is 32.1. The molecule has 160 valence electrons. The van der Waals surface area contributed by atoms with Crippen LogP contribution < -0.4 is 16.4 Å². The first-order valence-corrected chi connectivity index (χ1v) is 12.3. The normalized spacial score (nSPS) is 24.6. The fourth-order valence-electron chi connectivity index (χ4n) is 5.45. The molecule has 6 heteroatoms.